The number of hydrogen-bond acceptors (Lipinski definition) is 1. The number of alkyl halides is 1. The summed E-state index contributed by atoms with van der Waals surface area (Å²) < 4.78 is 26.9. The molecule has 0 aromatic rings. The van der Waals surface area contributed by atoms with E-state index in [0.29, 0.717) is 0 Å². The second-order valence-electron chi connectivity index (χ2n) is 1.06. The van der Waals surface area contributed by atoms with E-state index in [4.69, 9.17) is 0 Å². The summed E-state index contributed by atoms with van der Waals surface area (Å²) in [5.74, 6) is 0. The quantitative estimate of drug-likeness (QED) is 0.503. The first-order chi connectivity index (χ1) is 3.66. The molecule has 0 aromatic carbocycles. The fraction of sp³-hybridized carbons (Fsp3) is 0.200. The third-order valence-electron chi connectivity index (χ3n) is 0.426. The van der Waals surface area contributed by atoms with Gasteiger partial charge in [0.25, 0.3) is 12.4 Å². The van der Waals surface area contributed by atoms with Crippen molar-refractivity contribution in [1.82, 2.24) is 0 Å². The number of halogens is 3. The zero-order valence-corrected chi connectivity index (χ0v) is 6.35. The van der Waals surface area contributed by atoms with Crippen LogP contribution in [0.5, 0.6) is 0 Å². The van der Waals surface area contributed by atoms with Crippen molar-refractivity contribution in [2.24, 2.45) is 0 Å². The van der Waals surface area contributed by atoms with Gasteiger partial charge >= 0.3 is 0 Å². The Balaban J connectivity index is 0. The predicted molar refractivity (Wildman–Crippen MR) is 36.7 cm³/mol. The van der Waals surface area contributed by atoms with E-state index in [2.05, 4.69) is 17.9 Å². The Kier molecular flexibility index (Phi) is 7.30. The van der Waals surface area contributed by atoms with Gasteiger partial charge in [-0.25, -0.2) is 0 Å². The number of ether oxygens (including phenoxy) is 1. The molecule has 1 nitrogen and oxygen atoms in total. The van der Waals surface area contributed by atoms with E-state index in [-0.39, 0.29) is 17.0 Å². The van der Waals surface area contributed by atoms with Gasteiger partial charge in [0.2, 0.25) is 0 Å². The molecule has 0 aliphatic rings. The molecule has 0 aliphatic carbocycles. The summed E-state index contributed by atoms with van der Waals surface area (Å²) in [5.41, 5.74) is 0. The molecule has 0 heterocycles. The van der Waals surface area contributed by atoms with Crippen LogP contribution in [-0.2, 0) is 4.74 Å². The van der Waals surface area contributed by atoms with Crippen molar-refractivity contribution in [1.29, 1.82) is 0 Å². The van der Waals surface area contributed by atoms with Crippen molar-refractivity contribution >= 4 is 17.0 Å². The first kappa shape index (κ1) is 11.4. The standard InChI is InChI=1S/C5H6F2O.BrH/c1-3-5(7)8-4(2)6;/h3,5H,1-2H2;1H. The first-order valence-corrected chi connectivity index (χ1v) is 1.94. The lowest BCUT2D eigenvalue weighted by molar-refractivity contribution is 0.0139. The molecule has 4 heteroatoms. The summed E-state index contributed by atoms with van der Waals surface area (Å²) in [5, 5.41) is 0. The smallest absolute Gasteiger partial charge is 0.268 e. The lowest BCUT2D eigenvalue weighted by Crippen LogP contribution is -1.97. The molecule has 0 saturated heterocycles. The summed E-state index contributed by atoms with van der Waals surface area (Å²) in [6.45, 7) is 5.67. The van der Waals surface area contributed by atoms with E-state index >= 15 is 0 Å². The summed E-state index contributed by atoms with van der Waals surface area (Å²) >= 11 is 0. The normalized spacial score (nSPS) is 10.9. The molecule has 54 valence electrons. The summed E-state index contributed by atoms with van der Waals surface area (Å²) in [6, 6.07) is -1.14. The molecule has 0 amide bonds. The van der Waals surface area contributed by atoms with E-state index in [9.17, 15) is 8.78 Å². The Labute approximate surface area is 62.8 Å². The molecule has 9 heavy (non-hydrogen) atoms. The Morgan fingerprint density at radius 1 is 1.67 bits per heavy atom. The zero-order valence-electron chi connectivity index (χ0n) is 4.64. The minimum absolute atomic E-state index is 0. The highest BCUT2D eigenvalue weighted by molar-refractivity contribution is 8.93. The van der Waals surface area contributed by atoms with Crippen LogP contribution in [0.2, 0.25) is 0 Å². The highest BCUT2D eigenvalue weighted by Crippen LogP contribution is 2.02. The van der Waals surface area contributed by atoms with Crippen molar-refractivity contribution in [3.63, 3.8) is 0 Å². The van der Waals surface area contributed by atoms with Crippen LogP contribution < -0.4 is 0 Å². The molecule has 1 atom stereocenters. The molecule has 0 fully saturated rings. The maximum absolute atomic E-state index is 11.7. The van der Waals surface area contributed by atoms with Crippen LogP contribution in [0.25, 0.3) is 0 Å². The van der Waals surface area contributed by atoms with E-state index in [1.54, 1.807) is 0 Å². The molecule has 0 N–H and O–H groups in total. The lowest BCUT2D eigenvalue weighted by atomic mass is 10.6. The second-order valence-corrected chi connectivity index (χ2v) is 1.06. The van der Waals surface area contributed by atoms with Gasteiger partial charge in [0, 0.05) is 0 Å². The van der Waals surface area contributed by atoms with Gasteiger partial charge < -0.3 is 4.74 Å². The second kappa shape index (κ2) is 5.75. The Morgan fingerprint density at radius 2 is 2.11 bits per heavy atom. The van der Waals surface area contributed by atoms with Crippen molar-refractivity contribution in [2.75, 3.05) is 0 Å². The Hall–Kier alpha value is -0.380. The monoisotopic (exact) mass is 200 g/mol. The largest absolute Gasteiger partial charge is 0.433 e. The van der Waals surface area contributed by atoms with E-state index in [0.717, 1.165) is 6.08 Å². The highest BCUT2D eigenvalue weighted by atomic mass is 79.9. The molecule has 0 aromatic heterocycles. The molecular weight excluding hydrogens is 194 g/mol. The molecule has 1 unspecified atom stereocenters. The van der Waals surface area contributed by atoms with Crippen molar-refractivity contribution < 1.29 is 13.5 Å². The van der Waals surface area contributed by atoms with Gasteiger partial charge in [-0.2, -0.15) is 8.78 Å². The van der Waals surface area contributed by atoms with Crippen LogP contribution in [0.3, 0.4) is 0 Å². The van der Waals surface area contributed by atoms with E-state index in [1.807, 2.05) is 0 Å². The topological polar surface area (TPSA) is 9.23 Å². The Morgan fingerprint density at radius 3 is 2.22 bits per heavy atom. The summed E-state index contributed by atoms with van der Waals surface area (Å²) in [6.07, 6.45) is -0.961. The van der Waals surface area contributed by atoms with Crippen molar-refractivity contribution in [2.45, 2.75) is 6.36 Å². The van der Waals surface area contributed by atoms with E-state index < -0.39 is 12.4 Å². The number of hydrogen-bond donors (Lipinski definition) is 0. The maximum Gasteiger partial charge on any atom is 0.268 e. The van der Waals surface area contributed by atoms with Crippen LogP contribution >= 0.6 is 17.0 Å². The lowest BCUT2D eigenvalue weighted by Gasteiger charge is -2.00. The number of rotatable bonds is 3. The Bertz CT molecular complexity index is 105. The maximum atomic E-state index is 11.7. The minimum Gasteiger partial charge on any atom is -0.433 e. The van der Waals surface area contributed by atoms with Crippen molar-refractivity contribution in [3.05, 3.63) is 25.2 Å². The van der Waals surface area contributed by atoms with Gasteiger partial charge in [0.1, 0.15) is 0 Å². The van der Waals surface area contributed by atoms with Gasteiger partial charge in [-0.3, -0.25) is 0 Å². The average Bonchev–Trinajstić information content (AvgIpc) is 1.65. The molecule has 0 saturated carbocycles. The summed E-state index contributed by atoms with van der Waals surface area (Å²) in [7, 11) is 0. The van der Waals surface area contributed by atoms with Crippen LogP contribution in [0.1, 0.15) is 0 Å². The van der Waals surface area contributed by atoms with Crippen LogP contribution in [0, 0.1) is 0 Å². The summed E-state index contributed by atoms with van der Waals surface area (Å²) in [4.78, 5) is 0. The molecule has 0 radical (unpaired) electrons. The fourth-order valence-electron chi connectivity index (χ4n) is 0.170. The van der Waals surface area contributed by atoms with Crippen LogP contribution in [0.4, 0.5) is 8.78 Å². The van der Waals surface area contributed by atoms with Gasteiger partial charge in [-0.05, 0) is 12.7 Å². The third kappa shape index (κ3) is 7.62. The average molecular weight is 201 g/mol. The molecule has 0 bridgehead atoms. The van der Waals surface area contributed by atoms with Crippen LogP contribution in [0.15, 0.2) is 25.2 Å². The van der Waals surface area contributed by atoms with E-state index in [1.165, 1.54) is 0 Å². The highest BCUT2D eigenvalue weighted by Gasteiger charge is 1.99. The van der Waals surface area contributed by atoms with Gasteiger partial charge in [-0.1, -0.05) is 6.58 Å². The van der Waals surface area contributed by atoms with Gasteiger partial charge in [0.05, 0.1) is 0 Å². The fourth-order valence-corrected chi connectivity index (χ4v) is 0.170. The SMILES string of the molecule is Br.C=CC(F)OC(=C)F. The predicted octanol–water partition coefficient (Wildman–Crippen LogP) is 2.50. The molecule has 0 aliphatic heterocycles. The minimum atomic E-state index is -1.78. The van der Waals surface area contributed by atoms with Gasteiger partial charge in [0.15, 0.2) is 0 Å². The third-order valence-corrected chi connectivity index (χ3v) is 0.426. The van der Waals surface area contributed by atoms with Crippen LogP contribution in [-0.4, -0.2) is 6.36 Å². The van der Waals surface area contributed by atoms with Crippen molar-refractivity contribution in [3.8, 4) is 0 Å². The molecule has 0 spiro atoms. The van der Waals surface area contributed by atoms with Gasteiger partial charge in [-0.15, -0.1) is 17.0 Å². The first-order valence-electron chi connectivity index (χ1n) is 1.94. The molecule has 0 rings (SSSR count). The zero-order chi connectivity index (χ0) is 6.57. The molecular formula is C5H7BrF2O.